The van der Waals surface area contributed by atoms with Gasteiger partial charge < -0.3 is 4.74 Å². The third kappa shape index (κ3) is 9.24. The molecule has 5 nitrogen and oxygen atoms in total. The molecular formula is C84H62N4O. The standard InChI is InChI=1S/C84H62N4O/c1-54-23-19-24-55(2)80(54)74-39-22-38-73-72-37-21-36-67(58-29-13-8-14-30-58)81(72)71-35-16-15-33-68(71)75-48-62(61-46-59(56-25-9-6-10-26-56)45-60(47-61)57-27-11-7-12-28-57)49-78-83(75)87(82(73)74)53-86(78)64-31-20-32-65(51-64)89-66-41-42-70-69-34-17-18-40-76(69)88(77(70)52-66)79-50-63(43-44-85-79)84(3,4)5/h6-52H,1-5H3/i1D3,2D3,6D,7D,8D,9D,10D,11D,12D,13D,14D,25D,26D,27D,28D,29D,30D,45D,46D,47D. The second-order valence-corrected chi connectivity index (χ2v) is 22.6. The lowest BCUT2D eigenvalue weighted by Crippen LogP contribution is -2.32. The van der Waals surface area contributed by atoms with Gasteiger partial charge in [0.05, 0.1) is 58.1 Å². The Hall–Kier alpha value is -11.1. The summed E-state index contributed by atoms with van der Waals surface area (Å²) in [7, 11) is 0. The Balaban J connectivity index is 1.07. The molecule has 12 aromatic carbocycles. The molecule has 15 aromatic rings. The smallest absolute Gasteiger partial charge is 0.269 e. The van der Waals surface area contributed by atoms with Crippen LogP contribution in [0.4, 0.5) is 0 Å². The molecule has 0 radical (unpaired) electrons. The predicted molar refractivity (Wildman–Crippen MR) is 368 cm³/mol. The van der Waals surface area contributed by atoms with Gasteiger partial charge in [0.25, 0.3) is 6.33 Å². The van der Waals surface area contributed by atoms with E-state index in [1.54, 1.807) is 112 Å². The molecule has 3 aromatic heterocycles. The molecule has 0 atom stereocenters. The van der Waals surface area contributed by atoms with E-state index >= 15 is 0 Å². The molecule has 0 N–H and O–H groups in total. The van der Waals surface area contributed by atoms with Crippen molar-refractivity contribution in [1.82, 2.24) is 14.1 Å². The van der Waals surface area contributed by atoms with E-state index in [2.05, 4.69) is 37.7 Å². The molecule has 0 fully saturated rings. The highest BCUT2D eigenvalue weighted by molar-refractivity contribution is 6.10. The van der Waals surface area contributed by atoms with Gasteiger partial charge in [-0.15, -0.1) is 0 Å². The molecule has 16 rings (SSSR count). The number of nitrogens with zero attached hydrogens (tertiary/aromatic N) is 4. The average Bonchev–Trinajstić information content (AvgIpc) is 1.63. The zero-order chi connectivity index (χ0) is 80.6. The maximum Gasteiger partial charge on any atom is 0.269 e. The third-order valence-electron chi connectivity index (χ3n) is 16.3. The number of hydrogen-bond acceptors (Lipinski definition) is 2. The van der Waals surface area contributed by atoms with Crippen LogP contribution in [0.2, 0.25) is 0 Å². The van der Waals surface area contributed by atoms with Gasteiger partial charge in [0.1, 0.15) is 17.3 Å². The molecule has 0 bridgehead atoms. The molecule has 4 heterocycles. The number of imidazole rings is 1. The molecule has 424 valence electrons. The van der Waals surface area contributed by atoms with Crippen LogP contribution in [-0.2, 0) is 5.41 Å². The van der Waals surface area contributed by atoms with Gasteiger partial charge in [0.15, 0.2) is 0 Å². The lowest BCUT2D eigenvalue weighted by molar-refractivity contribution is -0.570. The Morgan fingerprint density at radius 2 is 1.04 bits per heavy atom. The number of aryl methyl sites for hydroxylation is 2. The number of benzene rings is 12. The summed E-state index contributed by atoms with van der Waals surface area (Å²) in [5, 5.41) is 1.87. The van der Waals surface area contributed by atoms with Crippen molar-refractivity contribution < 1.29 is 42.2 Å². The van der Waals surface area contributed by atoms with Crippen molar-refractivity contribution in [2.24, 2.45) is 0 Å². The maximum atomic E-state index is 10.5. The second-order valence-electron chi connectivity index (χ2n) is 22.6. The Morgan fingerprint density at radius 1 is 0.449 bits per heavy atom. The van der Waals surface area contributed by atoms with Gasteiger partial charge in [-0.05, 0) is 198 Å². The summed E-state index contributed by atoms with van der Waals surface area (Å²) in [4.78, 5) is 4.88. The molecule has 0 saturated carbocycles. The summed E-state index contributed by atoms with van der Waals surface area (Å²) in [6.45, 7) is 0.398. The zero-order valence-electron chi connectivity index (χ0n) is 71.9. The zero-order valence-corrected chi connectivity index (χ0v) is 47.9. The summed E-state index contributed by atoms with van der Waals surface area (Å²) in [6, 6.07) is 34.2. The van der Waals surface area contributed by atoms with Crippen LogP contribution >= 0.6 is 0 Å². The van der Waals surface area contributed by atoms with Crippen LogP contribution in [0.25, 0.3) is 139 Å². The second kappa shape index (κ2) is 21.4. The van der Waals surface area contributed by atoms with E-state index in [4.69, 9.17) is 30.3 Å². The molecule has 1 aliphatic rings. The number of ether oxygens (including phenoxy) is 1. The Kier molecular flexibility index (Phi) is 8.09. The van der Waals surface area contributed by atoms with Crippen LogP contribution in [0, 0.1) is 20.0 Å². The summed E-state index contributed by atoms with van der Waals surface area (Å²) in [5.74, 6) is 1.34. The Labute approximate surface area is 553 Å². The minimum atomic E-state index is -2.99. The van der Waals surface area contributed by atoms with Crippen molar-refractivity contribution in [3.63, 3.8) is 0 Å². The minimum Gasteiger partial charge on any atom is -0.458 e. The van der Waals surface area contributed by atoms with E-state index in [1.165, 1.54) is 18.2 Å². The fourth-order valence-electron chi connectivity index (χ4n) is 12.3. The third-order valence-corrected chi connectivity index (χ3v) is 16.3. The molecule has 0 unspecified atom stereocenters. The number of aromatic nitrogens is 4. The van der Waals surface area contributed by atoms with Crippen molar-refractivity contribution in [3.8, 4) is 118 Å². The van der Waals surface area contributed by atoms with E-state index < -0.39 is 150 Å². The van der Waals surface area contributed by atoms with Gasteiger partial charge in [-0.25, -0.2) is 4.98 Å². The van der Waals surface area contributed by atoms with Gasteiger partial charge >= 0.3 is 0 Å². The molecule has 0 aliphatic carbocycles. The molecule has 0 amide bonds. The number of fused-ring (bicyclic) bond motifs is 10. The molecule has 89 heavy (non-hydrogen) atoms. The summed E-state index contributed by atoms with van der Waals surface area (Å²) < 4.78 is 234. The molecular weight excluding hydrogens is 1080 g/mol. The first-order valence-electron chi connectivity index (χ1n) is 40.7. The van der Waals surface area contributed by atoms with Crippen molar-refractivity contribution in [3.05, 3.63) is 308 Å². The Bertz CT molecular complexity index is 6450. The van der Waals surface area contributed by atoms with Gasteiger partial charge in [-0.2, -0.15) is 0 Å². The van der Waals surface area contributed by atoms with E-state index in [0.717, 1.165) is 27.4 Å². The molecule has 5 heteroatoms. The molecule has 1 aliphatic heterocycles. The van der Waals surface area contributed by atoms with Crippen LogP contribution in [0.5, 0.6) is 11.5 Å². The first-order valence-corrected chi connectivity index (χ1v) is 28.7. The van der Waals surface area contributed by atoms with Gasteiger partial charge in [-0.3, -0.25) is 13.7 Å². The fourth-order valence-corrected chi connectivity index (χ4v) is 12.3. The monoisotopic (exact) mass is 1170 g/mol. The van der Waals surface area contributed by atoms with Crippen LogP contribution in [0.15, 0.2) is 285 Å². The van der Waals surface area contributed by atoms with Crippen molar-refractivity contribution >= 4 is 32.8 Å². The first-order chi connectivity index (χ1) is 53.5. The van der Waals surface area contributed by atoms with E-state index in [0.29, 0.717) is 28.4 Å². The number of rotatable bonds is 9. The topological polar surface area (TPSA) is 35.9 Å². The minimum absolute atomic E-state index is 0.0328. The van der Waals surface area contributed by atoms with E-state index in [1.807, 2.05) is 48.5 Å². The van der Waals surface area contributed by atoms with Gasteiger partial charge in [-0.1, -0.05) is 221 Å². The number of para-hydroxylation sites is 2. The lowest BCUT2D eigenvalue weighted by atomic mass is 9.83. The number of pyridine rings is 1. The quantitative estimate of drug-likeness (QED) is 0.107. The van der Waals surface area contributed by atoms with Crippen LogP contribution in [0.1, 0.15) is 70.4 Å². The molecule has 0 spiro atoms. The summed E-state index contributed by atoms with van der Waals surface area (Å²) >= 11 is 0. The van der Waals surface area contributed by atoms with Crippen LogP contribution in [0.3, 0.4) is 0 Å². The van der Waals surface area contributed by atoms with Crippen LogP contribution < -0.4 is 9.30 Å². The molecule has 0 saturated heterocycles. The van der Waals surface area contributed by atoms with E-state index in [9.17, 15) is 12.3 Å². The summed E-state index contributed by atoms with van der Waals surface area (Å²) in [5.41, 5.74) is 0.476. The highest BCUT2D eigenvalue weighted by Crippen LogP contribution is 2.50. The van der Waals surface area contributed by atoms with Crippen molar-refractivity contribution in [2.75, 3.05) is 0 Å². The lowest BCUT2D eigenvalue weighted by Gasteiger charge is -2.22. The largest absolute Gasteiger partial charge is 0.458 e. The van der Waals surface area contributed by atoms with Crippen molar-refractivity contribution in [2.45, 2.75) is 39.9 Å². The van der Waals surface area contributed by atoms with E-state index in [-0.39, 0.29) is 89.1 Å². The maximum absolute atomic E-state index is 10.5. The Morgan fingerprint density at radius 3 is 1.76 bits per heavy atom. The predicted octanol–water partition coefficient (Wildman–Crippen LogP) is 21.6. The van der Waals surface area contributed by atoms with Gasteiger partial charge in [0.2, 0.25) is 0 Å². The highest BCUT2D eigenvalue weighted by Gasteiger charge is 2.30. The summed E-state index contributed by atoms with van der Waals surface area (Å²) in [6.07, 6.45) is 5.40. The fraction of sp³-hybridized carbons (Fsp3) is 0.0714. The highest BCUT2D eigenvalue weighted by atomic mass is 16.5. The van der Waals surface area contributed by atoms with Crippen molar-refractivity contribution in [1.29, 1.82) is 0 Å². The first kappa shape index (κ1) is 33.7. The SMILES string of the molecule is [2H]c1c([2H])c([2H])c(-c2cccc3c2-c2ccccc2-c2cc(-c4c([2H])c(-c5c([2H])c([2H])c([2H])c([2H])c5[2H])c([2H])c(-c5c([2H])c([2H])c([2H])c([2H])c5[2H])c4[2H])cc4c2[n+]([c-]n4-c2cccc(Oc4ccc5c6ccccc6n(-c6cc(C(C)(C)C)ccn6)c5c4)c2)-c2c-3cccc2-c2c(C([2H])([2H])[2H])cccc2C([2H])([2H])[2H])c([2H])c1[2H]. The average molecular weight is 1170 g/mol. The van der Waals surface area contributed by atoms with Crippen LogP contribution in [-0.4, -0.2) is 14.1 Å². The van der Waals surface area contributed by atoms with Gasteiger partial charge in [0, 0.05) is 31.3 Å². The normalized spacial score (nSPS) is 16.0. The number of hydrogen-bond donors (Lipinski definition) is 0.